The average molecular weight is 336 g/mol. The minimum absolute atomic E-state index is 0.0277. The van der Waals surface area contributed by atoms with E-state index in [-0.39, 0.29) is 32.1 Å². The van der Waals surface area contributed by atoms with Crippen molar-refractivity contribution in [2.45, 2.75) is 32.1 Å². The Bertz CT molecular complexity index is 399. The first-order valence-electron chi connectivity index (χ1n) is 6.76. The van der Waals surface area contributed by atoms with Crippen molar-refractivity contribution in [1.29, 1.82) is 0 Å². The fourth-order valence-corrected chi connectivity index (χ4v) is 2.07. The Kier molecular flexibility index (Phi) is 7.63. The van der Waals surface area contributed by atoms with Gasteiger partial charge >= 0.3 is 23.9 Å². The zero-order chi connectivity index (χ0) is 18.3. The second-order valence-electron chi connectivity index (χ2n) is 5.26. The van der Waals surface area contributed by atoms with Crippen LogP contribution in [0.3, 0.4) is 0 Å². The molecule has 0 fully saturated rings. The Morgan fingerprint density at radius 2 is 0.826 bits per heavy atom. The van der Waals surface area contributed by atoms with Crippen molar-refractivity contribution in [2.75, 3.05) is 13.2 Å². The van der Waals surface area contributed by atoms with Crippen LogP contribution in [-0.2, 0) is 19.2 Å². The third kappa shape index (κ3) is 4.39. The number of hydrogen-bond acceptors (Lipinski definition) is 6. The van der Waals surface area contributed by atoms with Crippen molar-refractivity contribution in [3.63, 3.8) is 0 Å². The number of unbranched alkanes of at least 4 members (excludes halogenated alkanes) is 2. The molecule has 0 bridgehead atoms. The number of carbonyl (C=O) groups is 4. The van der Waals surface area contributed by atoms with Gasteiger partial charge in [-0.15, -0.1) is 0 Å². The third-order valence-electron chi connectivity index (χ3n) is 3.88. The van der Waals surface area contributed by atoms with Crippen molar-refractivity contribution >= 4 is 23.9 Å². The van der Waals surface area contributed by atoms with E-state index < -0.39 is 47.9 Å². The predicted octanol–water partition coefficient (Wildman–Crippen LogP) is -0.767. The van der Waals surface area contributed by atoms with Crippen molar-refractivity contribution in [2.24, 2.45) is 10.8 Å². The third-order valence-corrected chi connectivity index (χ3v) is 3.88. The molecule has 132 valence electrons. The molecule has 0 unspecified atom stereocenters. The Hall–Kier alpha value is -2.20. The maximum Gasteiger partial charge on any atom is 0.323 e. The molecule has 0 aliphatic rings. The molecular formula is C13H20O10. The number of hydrogen-bond donors (Lipinski definition) is 6. The van der Waals surface area contributed by atoms with E-state index >= 15 is 0 Å². The fourth-order valence-electron chi connectivity index (χ4n) is 2.07. The van der Waals surface area contributed by atoms with Crippen LogP contribution in [0.1, 0.15) is 32.1 Å². The van der Waals surface area contributed by atoms with Crippen LogP contribution in [0, 0.1) is 10.8 Å². The van der Waals surface area contributed by atoms with Crippen molar-refractivity contribution in [1.82, 2.24) is 0 Å². The van der Waals surface area contributed by atoms with E-state index in [9.17, 15) is 19.2 Å². The molecule has 0 atom stereocenters. The van der Waals surface area contributed by atoms with Crippen LogP contribution in [0.2, 0.25) is 0 Å². The summed E-state index contributed by atoms with van der Waals surface area (Å²) in [5.74, 6) is -6.75. The summed E-state index contributed by atoms with van der Waals surface area (Å²) in [5, 5.41) is 53.8. The van der Waals surface area contributed by atoms with E-state index in [1.165, 1.54) is 0 Å². The molecule has 0 aromatic carbocycles. The lowest BCUT2D eigenvalue weighted by Crippen LogP contribution is -2.43. The van der Waals surface area contributed by atoms with E-state index in [4.69, 9.17) is 30.6 Å². The monoisotopic (exact) mass is 336 g/mol. The zero-order valence-corrected chi connectivity index (χ0v) is 12.3. The maximum atomic E-state index is 11.0. The second-order valence-corrected chi connectivity index (χ2v) is 5.26. The highest BCUT2D eigenvalue weighted by atomic mass is 16.4. The Balaban J connectivity index is 4.67. The Morgan fingerprint density at radius 1 is 0.565 bits per heavy atom. The van der Waals surface area contributed by atoms with Crippen LogP contribution in [-0.4, -0.2) is 67.7 Å². The number of carboxylic acid groups (broad SMARTS) is 4. The van der Waals surface area contributed by atoms with Crippen molar-refractivity contribution < 1.29 is 49.8 Å². The Morgan fingerprint density at radius 3 is 1.00 bits per heavy atom. The van der Waals surface area contributed by atoms with E-state index in [1.54, 1.807) is 0 Å². The van der Waals surface area contributed by atoms with Gasteiger partial charge in [0.25, 0.3) is 0 Å². The van der Waals surface area contributed by atoms with Gasteiger partial charge in [0.2, 0.25) is 0 Å². The highest BCUT2D eigenvalue weighted by molar-refractivity contribution is 5.98. The topological polar surface area (TPSA) is 190 Å². The SMILES string of the molecule is O=C(O)C(CO)(CCCCCC(CO)(C(=O)O)C(=O)O)C(=O)O. The number of aliphatic hydroxyl groups excluding tert-OH is 2. The zero-order valence-electron chi connectivity index (χ0n) is 12.3. The molecule has 0 saturated carbocycles. The van der Waals surface area contributed by atoms with Crippen molar-refractivity contribution in [3.05, 3.63) is 0 Å². The first kappa shape index (κ1) is 20.8. The fraction of sp³-hybridized carbons (Fsp3) is 0.692. The highest BCUT2D eigenvalue weighted by Gasteiger charge is 2.47. The number of rotatable bonds is 12. The quantitative estimate of drug-likeness (QED) is 0.195. The summed E-state index contributed by atoms with van der Waals surface area (Å²) in [5.41, 5.74) is -4.68. The molecule has 23 heavy (non-hydrogen) atoms. The van der Waals surface area contributed by atoms with Gasteiger partial charge in [-0.05, 0) is 12.8 Å². The molecule has 10 heteroatoms. The summed E-state index contributed by atoms with van der Waals surface area (Å²) in [7, 11) is 0. The Labute approximate surface area is 131 Å². The first-order chi connectivity index (χ1) is 10.6. The number of aliphatic carboxylic acids is 4. The predicted molar refractivity (Wildman–Crippen MR) is 72.7 cm³/mol. The van der Waals surface area contributed by atoms with Crippen LogP contribution in [0.15, 0.2) is 0 Å². The molecule has 0 radical (unpaired) electrons. The van der Waals surface area contributed by atoms with E-state index in [0.29, 0.717) is 0 Å². The molecule has 0 heterocycles. The molecule has 0 aromatic rings. The summed E-state index contributed by atoms with van der Waals surface area (Å²) in [6.45, 7) is -2.19. The van der Waals surface area contributed by atoms with E-state index in [1.807, 2.05) is 0 Å². The van der Waals surface area contributed by atoms with Crippen LogP contribution in [0.25, 0.3) is 0 Å². The van der Waals surface area contributed by atoms with Gasteiger partial charge in [0.15, 0.2) is 10.8 Å². The van der Waals surface area contributed by atoms with Gasteiger partial charge in [-0.2, -0.15) is 0 Å². The van der Waals surface area contributed by atoms with Gasteiger partial charge < -0.3 is 30.6 Å². The van der Waals surface area contributed by atoms with Gasteiger partial charge in [0.1, 0.15) is 0 Å². The molecule has 6 N–H and O–H groups in total. The molecule has 0 aromatic heterocycles. The van der Waals surface area contributed by atoms with E-state index in [2.05, 4.69) is 0 Å². The van der Waals surface area contributed by atoms with E-state index in [0.717, 1.165) is 0 Å². The lowest BCUT2D eigenvalue weighted by molar-refractivity contribution is -0.170. The summed E-state index contributed by atoms with van der Waals surface area (Å²) in [6, 6.07) is 0. The molecular weight excluding hydrogens is 316 g/mol. The number of carboxylic acids is 4. The minimum Gasteiger partial charge on any atom is -0.480 e. The van der Waals surface area contributed by atoms with Gasteiger partial charge in [0.05, 0.1) is 13.2 Å². The van der Waals surface area contributed by atoms with Gasteiger partial charge in [-0.3, -0.25) is 19.2 Å². The number of aliphatic hydroxyl groups is 2. The standard InChI is InChI=1S/C13H20O10/c14-6-12(8(16)17,9(18)19)4-2-1-3-5-13(7-15,10(20)21)11(22)23/h14-15H,1-7H2,(H,16,17)(H,18,19)(H,20,21)(H,22,23). The first-order valence-corrected chi connectivity index (χ1v) is 6.76. The highest BCUT2D eigenvalue weighted by Crippen LogP contribution is 2.29. The van der Waals surface area contributed by atoms with Crippen LogP contribution in [0.5, 0.6) is 0 Å². The second kappa shape index (κ2) is 8.44. The maximum absolute atomic E-state index is 11.0. The summed E-state index contributed by atoms with van der Waals surface area (Å²) < 4.78 is 0. The summed E-state index contributed by atoms with van der Waals surface area (Å²) in [4.78, 5) is 44.1. The van der Waals surface area contributed by atoms with Crippen LogP contribution >= 0.6 is 0 Å². The van der Waals surface area contributed by atoms with Gasteiger partial charge in [0, 0.05) is 0 Å². The normalized spacial score (nSPS) is 11.9. The largest absolute Gasteiger partial charge is 0.480 e. The molecule has 0 rings (SSSR count). The summed E-state index contributed by atoms with van der Waals surface area (Å²) >= 11 is 0. The van der Waals surface area contributed by atoms with Crippen LogP contribution in [0.4, 0.5) is 0 Å². The molecule has 0 saturated heterocycles. The minimum atomic E-state index is -2.34. The van der Waals surface area contributed by atoms with Gasteiger partial charge in [-0.25, -0.2) is 0 Å². The lowest BCUT2D eigenvalue weighted by atomic mass is 9.81. The lowest BCUT2D eigenvalue weighted by Gasteiger charge is -2.23. The van der Waals surface area contributed by atoms with Crippen molar-refractivity contribution in [3.8, 4) is 0 Å². The summed E-state index contributed by atoms with van der Waals surface area (Å²) in [6.07, 6.45) is -0.578. The average Bonchev–Trinajstić information content (AvgIpc) is 2.45. The molecule has 0 aliphatic carbocycles. The molecule has 10 nitrogen and oxygen atoms in total. The van der Waals surface area contributed by atoms with Gasteiger partial charge in [-0.1, -0.05) is 19.3 Å². The van der Waals surface area contributed by atoms with Crippen LogP contribution < -0.4 is 0 Å². The molecule has 0 amide bonds. The molecule has 0 spiro atoms. The molecule has 0 aliphatic heterocycles. The smallest absolute Gasteiger partial charge is 0.323 e.